The highest BCUT2D eigenvalue weighted by molar-refractivity contribution is 6.12. The molecule has 0 bridgehead atoms. The number of fused-ring (bicyclic) bond motifs is 1. The van der Waals surface area contributed by atoms with Crippen LogP contribution in [0.4, 0.5) is 0 Å². The van der Waals surface area contributed by atoms with Gasteiger partial charge in [-0.3, -0.25) is 5.41 Å². The Morgan fingerprint density at radius 2 is 1.26 bits per heavy atom. The second-order valence-electron chi connectivity index (χ2n) is 6.66. The fraction of sp³-hybridized carbons (Fsp3) is 0.0800. The maximum absolute atomic E-state index is 8.78. The normalized spacial score (nSPS) is 10.4. The number of halogens is 1. The molecule has 27 heavy (non-hydrogen) atoms. The lowest BCUT2D eigenvalue weighted by Gasteiger charge is -2.14. The Balaban J connectivity index is 0.00000210. The molecule has 0 aliphatic rings. The van der Waals surface area contributed by atoms with Crippen molar-refractivity contribution in [3.63, 3.8) is 0 Å². The van der Waals surface area contributed by atoms with Crippen LogP contribution in [0.3, 0.4) is 0 Å². The third-order valence-electron chi connectivity index (χ3n) is 4.96. The molecule has 0 saturated carbocycles. The van der Waals surface area contributed by atoms with E-state index in [4.69, 9.17) is 5.41 Å². The van der Waals surface area contributed by atoms with Gasteiger partial charge >= 0.3 is 0 Å². The molecule has 1 nitrogen and oxygen atoms in total. The van der Waals surface area contributed by atoms with Crippen molar-refractivity contribution in [2.45, 2.75) is 13.3 Å². The van der Waals surface area contributed by atoms with Gasteiger partial charge in [-0.1, -0.05) is 91.0 Å². The Morgan fingerprint density at radius 3 is 2.07 bits per heavy atom. The highest BCUT2D eigenvalue weighted by Gasteiger charge is 2.12. The van der Waals surface area contributed by atoms with Crippen LogP contribution in [0.5, 0.6) is 0 Å². The van der Waals surface area contributed by atoms with E-state index in [2.05, 4.69) is 73.7 Å². The first-order valence-electron chi connectivity index (χ1n) is 8.93. The molecule has 1 N–H and O–H groups in total. The fourth-order valence-corrected chi connectivity index (χ4v) is 3.57. The highest BCUT2D eigenvalue weighted by atomic mass is 35.5. The third-order valence-corrected chi connectivity index (χ3v) is 4.96. The molecule has 0 saturated heterocycles. The smallest absolute Gasteiger partial charge is 0.0690 e. The quantitative estimate of drug-likeness (QED) is 0.534. The van der Waals surface area contributed by atoms with E-state index in [0.29, 0.717) is 5.71 Å². The van der Waals surface area contributed by atoms with Crippen LogP contribution in [0, 0.1) is 12.3 Å². The topological polar surface area (TPSA) is 23.9 Å². The van der Waals surface area contributed by atoms with Gasteiger partial charge in [0.25, 0.3) is 0 Å². The van der Waals surface area contributed by atoms with Crippen molar-refractivity contribution in [1.82, 2.24) is 0 Å². The summed E-state index contributed by atoms with van der Waals surface area (Å²) in [4.78, 5) is 0. The molecule has 0 aliphatic heterocycles. The van der Waals surface area contributed by atoms with E-state index in [-0.39, 0.29) is 12.4 Å². The highest BCUT2D eigenvalue weighted by Crippen LogP contribution is 2.24. The van der Waals surface area contributed by atoms with Crippen molar-refractivity contribution in [2.75, 3.05) is 0 Å². The molecule has 2 heteroatoms. The van der Waals surface area contributed by atoms with Gasteiger partial charge in [-0.25, -0.2) is 0 Å². The van der Waals surface area contributed by atoms with E-state index in [1.807, 2.05) is 24.3 Å². The molecule has 4 rings (SSSR count). The van der Waals surface area contributed by atoms with Crippen molar-refractivity contribution in [2.24, 2.45) is 0 Å². The summed E-state index contributed by atoms with van der Waals surface area (Å²) in [7, 11) is 0. The summed E-state index contributed by atoms with van der Waals surface area (Å²) >= 11 is 0. The van der Waals surface area contributed by atoms with Gasteiger partial charge in [0.2, 0.25) is 0 Å². The zero-order valence-corrected chi connectivity index (χ0v) is 16.0. The lowest BCUT2D eigenvalue weighted by atomic mass is 9.91. The van der Waals surface area contributed by atoms with Crippen molar-refractivity contribution < 1.29 is 12.4 Å². The number of hydrogen-bond acceptors (Lipinski definition) is 1. The Bertz CT molecular complexity index is 1090. The number of benzene rings is 4. The Hall–Kier alpha value is -2.90. The van der Waals surface area contributed by atoms with Gasteiger partial charge in [0.05, 0.1) is 5.71 Å². The second-order valence-corrected chi connectivity index (χ2v) is 6.66. The summed E-state index contributed by atoms with van der Waals surface area (Å²) in [6.07, 6.45) is 0.825. The Labute approximate surface area is 166 Å². The fourth-order valence-electron chi connectivity index (χ4n) is 3.57. The van der Waals surface area contributed by atoms with Crippen LogP contribution in [-0.2, 0) is 6.42 Å². The lowest BCUT2D eigenvalue weighted by Crippen LogP contribution is -3.00. The number of aryl methyl sites for hydroxylation is 1. The summed E-state index contributed by atoms with van der Waals surface area (Å²) in [5.41, 5.74) is 6.23. The van der Waals surface area contributed by atoms with Crippen molar-refractivity contribution >= 4 is 16.5 Å². The minimum Gasteiger partial charge on any atom is -1.00 e. The average molecular weight is 371 g/mol. The zero-order chi connectivity index (χ0) is 17.9. The van der Waals surface area contributed by atoms with Gasteiger partial charge in [0.1, 0.15) is 0 Å². The molecular formula is C25H21ClN-. The van der Waals surface area contributed by atoms with Gasteiger partial charge in [-0.15, -0.1) is 0 Å². The van der Waals surface area contributed by atoms with Crippen LogP contribution in [-0.4, -0.2) is 5.71 Å². The Morgan fingerprint density at radius 1 is 0.667 bits per heavy atom. The molecule has 0 aliphatic carbocycles. The molecule has 0 heterocycles. The maximum atomic E-state index is 8.78. The van der Waals surface area contributed by atoms with Crippen LogP contribution >= 0.6 is 0 Å². The summed E-state index contributed by atoms with van der Waals surface area (Å²) in [5.74, 6) is 0. The lowest BCUT2D eigenvalue weighted by molar-refractivity contribution is -0.00000534. The minimum atomic E-state index is 0. The standard InChI is InChI=1S/C25H21N.ClH/c1-18-9-2-5-14-22(18)25(26)24-16-7-4-11-21(24)17-20-13-8-12-19-10-3-6-15-23(19)20;/h2-16,26H,17H2,1H3;1H/p-1. The van der Waals surface area contributed by atoms with Gasteiger partial charge in [-0.2, -0.15) is 0 Å². The van der Waals surface area contributed by atoms with Crippen LogP contribution in [0.25, 0.3) is 10.8 Å². The molecule has 4 aromatic rings. The van der Waals surface area contributed by atoms with E-state index in [1.165, 1.54) is 21.9 Å². The molecule has 0 amide bonds. The van der Waals surface area contributed by atoms with E-state index >= 15 is 0 Å². The molecule has 0 unspecified atom stereocenters. The largest absolute Gasteiger partial charge is 1.00 e. The van der Waals surface area contributed by atoms with Gasteiger partial charge in [0.15, 0.2) is 0 Å². The molecule has 4 aromatic carbocycles. The SMILES string of the molecule is Cc1ccccc1C(=N)c1ccccc1Cc1cccc2ccccc12.[Cl-]. The van der Waals surface area contributed by atoms with Gasteiger partial charge in [-0.05, 0) is 40.8 Å². The molecule has 0 spiro atoms. The van der Waals surface area contributed by atoms with Crippen molar-refractivity contribution in [1.29, 1.82) is 5.41 Å². The van der Waals surface area contributed by atoms with Crippen molar-refractivity contribution in [3.8, 4) is 0 Å². The van der Waals surface area contributed by atoms with Crippen LogP contribution in [0.2, 0.25) is 0 Å². The van der Waals surface area contributed by atoms with Crippen LogP contribution in [0.15, 0.2) is 91.0 Å². The summed E-state index contributed by atoms with van der Waals surface area (Å²) in [5, 5.41) is 11.3. The monoisotopic (exact) mass is 370 g/mol. The predicted octanol–water partition coefficient (Wildman–Crippen LogP) is 3.16. The Kier molecular flexibility index (Phi) is 5.73. The first kappa shape index (κ1) is 18.9. The van der Waals surface area contributed by atoms with E-state index in [0.717, 1.165) is 23.1 Å². The van der Waals surface area contributed by atoms with Crippen molar-refractivity contribution in [3.05, 3.63) is 119 Å². The molecule has 0 fully saturated rings. The van der Waals surface area contributed by atoms with E-state index in [9.17, 15) is 0 Å². The predicted molar refractivity (Wildman–Crippen MR) is 110 cm³/mol. The molecule has 0 atom stereocenters. The number of hydrogen-bond donors (Lipinski definition) is 1. The zero-order valence-electron chi connectivity index (χ0n) is 15.2. The summed E-state index contributed by atoms with van der Waals surface area (Å²) < 4.78 is 0. The first-order chi connectivity index (χ1) is 12.7. The van der Waals surface area contributed by atoms with Crippen LogP contribution in [0.1, 0.15) is 27.8 Å². The van der Waals surface area contributed by atoms with Gasteiger partial charge in [0, 0.05) is 11.1 Å². The molecule has 134 valence electrons. The molecular weight excluding hydrogens is 350 g/mol. The summed E-state index contributed by atoms with van der Waals surface area (Å²) in [6.45, 7) is 2.07. The average Bonchev–Trinajstić information content (AvgIpc) is 2.69. The first-order valence-corrected chi connectivity index (χ1v) is 8.93. The maximum Gasteiger partial charge on any atom is 0.0690 e. The number of nitrogens with one attached hydrogen (secondary N) is 1. The van der Waals surface area contributed by atoms with Gasteiger partial charge < -0.3 is 12.4 Å². The van der Waals surface area contributed by atoms with E-state index < -0.39 is 0 Å². The summed E-state index contributed by atoms with van der Waals surface area (Å²) in [6, 6.07) is 31.4. The number of rotatable bonds is 4. The molecule has 0 radical (unpaired) electrons. The minimum absolute atomic E-state index is 0. The molecule has 0 aromatic heterocycles. The van der Waals surface area contributed by atoms with E-state index in [1.54, 1.807) is 0 Å². The van der Waals surface area contributed by atoms with Crippen LogP contribution < -0.4 is 12.4 Å². The second kappa shape index (κ2) is 8.20. The third kappa shape index (κ3) is 3.79.